The Labute approximate surface area is 288 Å². The predicted octanol–water partition coefficient (Wildman–Crippen LogP) is 3.56. The number of aromatic nitrogens is 4. The second-order valence-electron chi connectivity index (χ2n) is 12.6. The number of carbonyl (C=O) groups is 4. The van der Waals surface area contributed by atoms with Crippen molar-refractivity contribution in [1.82, 2.24) is 25.5 Å². The lowest BCUT2D eigenvalue weighted by atomic mass is 9.95. The molecule has 0 fully saturated rings. The van der Waals surface area contributed by atoms with Crippen molar-refractivity contribution in [2.75, 3.05) is 17.2 Å². The Kier molecular flexibility index (Phi) is 12.2. The lowest BCUT2D eigenvalue weighted by Crippen LogP contribution is -2.49. The maximum Gasteiger partial charge on any atom is 0.338 e. The van der Waals surface area contributed by atoms with Crippen molar-refractivity contribution in [3.8, 4) is 5.69 Å². The fourth-order valence-electron chi connectivity index (χ4n) is 4.75. The summed E-state index contributed by atoms with van der Waals surface area (Å²) in [5, 5.41) is 19.1. The average Bonchev–Trinajstić information content (AvgIpc) is 3.59. The zero-order valence-corrected chi connectivity index (χ0v) is 28.4. The molecule has 0 radical (unpaired) electrons. The molecule has 3 amide bonds. The molecule has 3 aromatic carbocycles. The van der Waals surface area contributed by atoms with Crippen LogP contribution in [0.3, 0.4) is 0 Å². The summed E-state index contributed by atoms with van der Waals surface area (Å²) < 4.78 is 6.69. The number of tetrazole rings is 1. The molecule has 0 spiro atoms. The van der Waals surface area contributed by atoms with Crippen molar-refractivity contribution in [2.45, 2.75) is 58.2 Å². The lowest BCUT2D eigenvalue weighted by Gasteiger charge is -2.20. The molecule has 3 atom stereocenters. The van der Waals surface area contributed by atoms with Crippen LogP contribution in [0.15, 0.2) is 73.1 Å². The van der Waals surface area contributed by atoms with Gasteiger partial charge in [0.15, 0.2) is 0 Å². The van der Waals surface area contributed by atoms with Crippen molar-refractivity contribution in [2.24, 2.45) is 17.4 Å². The molecule has 0 bridgehead atoms. The summed E-state index contributed by atoms with van der Waals surface area (Å²) in [6.45, 7) is 7.85. The van der Waals surface area contributed by atoms with E-state index in [4.69, 9.17) is 27.8 Å². The van der Waals surface area contributed by atoms with Gasteiger partial charge in [0.05, 0.1) is 16.9 Å². The molecule has 4 aromatic rings. The van der Waals surface area contributed by atoms with E-state index >= 15 is 0 Å². The molecule has 14 nitrogen and oxygen atoms in total. The molecule has 4 rings (SSSR count). The van der Waals surface area contributed by atoms with Crippen LogP contribution in [0.4, 0.5) is 11.4 Å². The second kappa shape index (κ2) is 16.3. The Morgan fingerprint density at radius 1 is 0.959 bits per heavy atom. The van der Waals surface area contributed by atoms with E-state index in [0.29, 0.717) is 40.5 Å². The first-order valence-electron chi connectivity index (χ1n) is 15.6. The van der Waals surface area contributed by atoms with E-state index < -0.39 is 35.3 Å². The number of hydrogen-bond acceptors (Lipinski definition) is 10. The first-order valence-corrected chi connectivity index (χ1v) is 15.9. The van der Waals surface area contributed by atoms with Crippen LogP contribution in [-0.2, 0) is 25.5 Å². The number of nitrogens with one attached hydrogen (secondary N) is 3. The number of rotatable bonds is 12. The van der Waals surface area contributed by atoms with Gasteiger partial charge in [-0.3, -0.25) is 14.4 Å². The number of benzene rings is 3. The molecule has 258 valence electrons. The van der Waals surface area contributed by atoms with Gasteiger partial charge in [-0.2, -0.15) is 4.68 Å². The third-order valence-electron chi connectivity index (χ3n) is 7.32. The summed E-state index contributed by atoms with van der Waals surface area (Å²) in [4.78, 5) is 52.4. The maximum absolute atomic E-state index is 13.6. The summed E-state index contributed by atoms with van der Waals surface area (Å²) in [5.74, 6) is -2.98. The highest BCUT2D eigenvalue weighted by Crippen LogP contribution is 2.24. The standard InChI is InChI=1S/C34H40ClN9O5/c1-20(18-36)15-26(37)22-7-5-21(6-8-22)16-28(30(45)39-25-12-9-23(10-13-25)33(48)49-34(2,3)4)41-32(47)31(46)40-27-17-24(35)11-14-29(27)44-19-38-42-43-44/h5-14,17,19-20,26,28H,15-16,18,36-37H2,1-4H3,(H,39,45)(H,40,46)(H,41,47)/t20-,26-,28-/m0/s1. The highest BCUT2D eigenvalue weighted by Gasteiger charge is 2.26. The van der Waals surface area contributed by atoms with Crippen molar-refractivity contribution >= 4 is 46.7 Å². The Morgan fingerprint density at radius 2 is 1.65 bits per heavy atom. The Balaban J connectivity index is 1.52. The number of anilines is 2. The van der Waals surface area contributed by atoms with Crippen molar-refractivity contribution in [1.29, 1.82) is 0 Å². The zero-order valence-electron chi connectivity index (χ0n) is 27.6. The number of nitrogens with zero attached hydrogens (tertiary/aromatic N) is 4. The summed E-state index contributed by atoms with van der Waals surface area (Å²) in [6, 6.07) is 16.7. The molecule has 0 aliphatic rings. The summed E-state index contributed by atoms with van der Waals surface area (Å²) in [5.41, 5.74) is 14.2. The molecule has 0 unspecified atom stereocenters. The van der Waals surface area contributed by atoms with Gasteiger partial charge >= 0.3 is 17.8 Å². The Morgan fingerprint density at radius 3 is 2.27 bits per heavy atom. The van der Waals surface area contributed by atoms with Gasteiger partial charge in [0.1, 0.15) is 18.0 Å². The van der Waals surface area contributed by atoms with Gasteiger partial charge in [0.25, 0.3) is 0 Å². The molecule has 0 aliphatic carbocycles. The van der Waals surface area contributed by atoms with Crippen LogP contribution < -0.4 is 27.4 Å². The zero-order chi connectivity index (χ0) is 35.7. The van der Waals surface area contributed by atoms with E-state index in [1.165, 1.54) is 29.2 Å². The molecular formula is C34H40ClN9O5. The van der Waals surface area contributed by atoms with Crippen molar-refractivity contribution in [3.63, 3.8) is 0 Å². The minimum Gasteiger partial charge on any atom is -0.456 e. The minimum atomic E-state index is -1.18. The van der Waals surface area contributed by atoms with E-state index in [2.05, 4.69) is 31.5 Å². The predicted molar refractivity (Wildman–Crippen MR) is 185 cm³/mol. The SMILES string of the molecule is C[C@H](CN)C[C@H](N)c1ccc(C[C@H](NC(=O)C(=O)Nc2cc(Cl)ccc2-n2cnnn2)C(=O)Nc2ccc(C(=O)OC(C)(C)C)cc2)cc1. The highest BCUT2D eigenvalue weighted by molar-refractivity contribution is 6.40. The number of nitrogens with two attached hydrogens (primary N) is 2. The number of amides is 3. The molecule has 15 heteroatoms. The monoisotopic (exact) mass is 689 g/mol. The normalized spacial score (nSPS) is 13.1. The largest absolute Gasteiger partial charge is 0.456 e. The van der Waals surface area contributed by atoms with E-state index in [1.807, 2.05) is 31.2 Å². The lowest BCUT2D eigenvalue weighted by molar-refractivity contribution is -0.137. The van der Waals surface area contributed by atoms with Crippen LogP contribution >= 0.6 is 11.6 Å². The summed E-state index contributed by atoms with van der Waals surface area (Å²) in [7, 11) is 0. The van der Waals surface area contributed by atoms with Crippen molar-refractivity contribution in [3.05, 3.63) is 94.8 Å². The summed E-state index contributed by atoms with van der Waals surface area (Å²) >= 11 is 6.15. The van der Waals surface area contributed by atoms with Gasteiger partial charge < -0.3 is 32.2 Å². The van der Waals surface area contributed by atoms with Gasteiger partial charge in [0, 0.05) is 23.2 Å². The number of halogens is 1. The van der Waals surface area contributed by atoms with Crippen LogP contribution in [0.2, 0.25) is 5.02 Å². The molecule has 0 saturated carbocycles. The minimum absolute atomic E-state index is 0.0443. The van der Waals surface area contributed by atoms with E-state index in [0.717, 1.165) is 5.56 Å². The molecular weight excluding hydrogens is 650 g/mol. The fraction of sp³-hybridized carbons (Fsp3) is 0.324. The van der Waals surface area contributed by atoms with Crippen LogP contribution in [0.25, 0.3) is 5.69 Å². The van der Waals surface area contributed by atoms with Crippen LogP contribution in [0.5, 0.6) is 0 Å². The van der Waals surface area contributed by atoms with Crippen LogP contribution in [0, 0.1) is 5.92 Å². The first kappa shape index (κ1) is 36.7. The first-order chi connectivity index (χ1) is 23.2. The molecule has 7 N–H and O–H groups in total. The quantitative estimate of drug-likeness (QED) is 0.108. The van der Waals surface area contributed by atoms with E-state index in [1.54, 1.807) is 45.0 Å². The summed E-state index contributed by atoms with van der Waals surface area (Å²) in [6.07, 6.45) is 2.07. The topological polar surface area (TPSA) is 209 Å². The fourth-order valence-corrected chi connectivity index (χ4v) is 4.92. The van der Waals surface area contributed by atoms with Gasteiger partial charge in [-0.1, -0.05) is 42.8 Å². The number of ether oxygens (including phenoxy) is 1. The molecule has 1 heterocycles. The number of hydrogen-bond donors (Lipinski definition) is 5. The van der Waals surface area contributed by atoms with Gasteiger partial charge in [-0.15, -0.1) is 5.10 Å². The number of carbonyl (C=O) groups excluding carboxylic acids is 4. The molecule has 0 aliphatic heterocycles. The number of esters is 1. The molecule has 49 heavy (non-hydrogen) atoms. The van der Waals surface area contributed by atoms with E-state index in [9.17, 15) is 19.2 Å². The average molecular weight is 690 g/mol. The second-order valence-corrected chi connectivity index (χ2v) is 13.0. The smallest absolute Gasteiger partial charge is 0.338 e. The van der Waals surface area contributed by atoms with Gasteiger partial charge in [-0.25, -0.2) is 4.79 Å². The van der Waals surface area contributed by atoms with Crippen LogP contribution in [0.1, 0.15) is 61.6 Å². The highest BCUT2D eigenvalue weighted by atomic mass is 35.5. The van der Waals surface area contributed by atoms with Crippen LogP contribution in [-0.4, -0.2) is 62.1 Å². The van der Waals surface area contributed by atoms with E-state index in [-0.39, 0.29) is 24.1 Å². The molecule has 0 saturated heterocycles. The third kappa shape index (κ3) is 10.7. The van der Waals surface area contributed by atoms with Crippen molar-refractivity contribution < 1.29 is 23.9 Å². The molecule has 1 aromatic heterocycles. The Bertz CT molecular complexity index is 1760. The Hall–Kier alpha value is -5.18. The maximum atomic E-state index is 13.6. The van der Waals surface area contributed by atoms with Gasteiger partial charge in [0.2, 0.25) is 5.91 Å². The third-order valence-corrected chi connectivity index (χ3v) is 7.56. The van der Waals surface area contributed by atoms with Gasteiger partial charge in [-0.05, 0) is 104 Å².